The van der Waals surface area contributed by atoms with E-state index in [2.05, 4.69) is 22.9 Å². The van der Waals surface area contributed by atoms with Crippen molar-refractivity contribution in [2.24, 2.45) is 0 Å². The van der Waals surface area contributed by atoms with E-state index in [0.717, 1.165) is 19.4 Å². The highest BCUT2D eigenvalue weighted by Gasteiger charge is 2.21. The summed E-state index contributed by atoms with van der Waals surface area (Å²) < 4.78 is 10.8. The van der Waals surface area contributed by atoms with Gasteiger partial charge in [0.05, 0.1) is 7.11 Å². The minimum absolute atomic E-state index is 0.0526. The zero-order valence-corrected chi connectivity index (χ0v) is 15.9. The minimum atomic E-state index is -0.205. The average Bonchev–Trinajstić information content (AvgIpc) is 2.59. The molecule has 2 unspecified atom stereocenters. The molecule has 144 valence electrons. The van der Waals surface area contributed by atoms with Crippen LogP contribution in [-0.4, -0.2) is 50.2 Å². The molecule has 7 nitrogen and oxygen atoms in total. The lowest BCUT2D eigenvalue weighted by atomic mass is 10.0. The lowest BCUT2D eigenvalue weighted by Gasteiger charge is -2.28. The quantitative estimate of drug-likeness (QED) is 0.683. The molecular formula is C19H29N3O4. The second kappa shape index (κ2) is 9.43. The van der Waals surface area contributed by atoms with Gasteiger partial charge in [0.2, 0.25) is 0 Å². The monoisotopic (exact) mass is 363 g/mol. The van der Waals surface area contributed by atoms with E-state index in [1.54, 1.807) is 18.2 Å². The fraction of sp³-hybridized carbons (Fsp3) is 0.579. The Kier molecular flexibility index (Phi) is 7.26. The average molecular weight is 363 g/mol. The van der Waals surface area contributed by atoms with Crippen LogP contribution in [0.2, 0.25) is 0 Å². The molecule has 0 bridgehead atoms. The molecule has 0 radical (unpaired) electrons. The third-order valence-corrected chi connectivity index (χ3v) is 4.19. The lowest BCUT2D eigenvalue weighted by molar-refractivity contribution is -0.123. The smallest absolute Gasteiger partial charge is 0.258 e. The zero-order valence-electron chi connectivity index (χ0n) is 15.9. The first-order chi connectivity index (χ1) is 12.4. The van der Waals surface area contributed by atoms with E-state index in [1.807, 2.05) is 13.8 Å². The van der Waals surface area contributed by atoms with E-state index < -0.39 is 0 Å². The maximum atomic E-state index is 12.5. The number of carbonyl (C=O) groups is 2. The number of carbonyl (C=O) groups excluding carboxylic acids is 2. The number of hydrogen-bond donors (Lipinski definition) is 3. The van der Waals surface area contributed by atoms with Gasteiger partial charge < -0.3 is 25.4 Å². The van der Waals surface area contributed by atoms with Gasteiger partial charge in [0, 0.05) is 23.7 Å². The normalized spacial score (nSPS) is 19.7. The molecule has 0 aromatic heterocycles. The van der Waals surface area contributed by atoms with Crippen LogP contribution in [0.25, 0.3) is 0 Å². The highest BCUT2D eigenvalue weighted by Crippen LogP contribution is 2.28. The number of ether oxygens (including phenoxy) is 2. The van der Waals surface area contributed by atoms with Gasteiger partial charge in [-0.1, -0.05) is 0 Å². The molecule has 0 saturated carbocycles. The lowest BCUT2D eigenvalue weighted by Crippen LogP contribution is -2.46. The predicted molar refractivity (Wildman–Crippen MR) is 99.7 cm³/mol. The number of hydrogen-bond acceptors (Lipinski definition) is 5. The molecular weight excluding hydrogens is 334 g/mol. The van der Waals surface area contributed by atoms with Gasteiger partial charge in [-0.15, -0.1) is 0 Å². The predicted octanol–water partition coefficient (Wildman–Crippen LogP) is 1.47. The van der Waals surface area contributed by atoms with Crippen molar-refractivity contribution in [1.29, 1.82) is 0 Å². The summed E-state index contributed by atoms with van der Waals surface area (Å²) in [7, 11) is 1.51. The summed E-state index contributed by atoms with van der Waals surface area (Å²) in [4.78, 5) is 24.2. The van der Waals surface area contributed by atoms with Crippen molar-refractivity contribution in [1.82, 2.24) is 16.0 Å². The van der Waals surface area contributed by atoms with E-state index in [-0.39, 0.29) is 30.5 Å². The van der Waals surface area contributed by atoms with Gasteiger partial charge in [0.25, 0.3) is 11.8 Å². The van der Waals surface area contributed by atoms with Gasteiger partial charge in [-0.05, 0) is 58.4 Å². The maximum Gasteiger partial charge on any atom is 0.258 e. The summed E-state index contributed by atoms with van der Waals surface area (Å²) >= 11 is 0. The number of amides is 2. The summed E-state index contributed by atoms with van der Waals surface area (Å²) in [5, 5.41) is 9.19. The second-order valence-electron chi connectivity index (χ2n) is 6.93. The van der Waals surface area contributed by atoms with E-state index in [4.69, 9.17) is 9.47 Å². The highest BCUT2D eigenvalue weighted by molar-refractivity contribution is 5.95. The van der Waals surface area contributed by atoms with Crippen molar-refractivity contribution in [2.75, 3.05) is 20.3 Å². The van der Waals surface area contributed by atoms with Crippen LogP contribution in [0.4, 0.5) is 0 Å². The van der Waals surface area contributed by atoms with E-state index in [0.29, 0.717) is 23.1 Å². The highest BCUT2D eigenvalue weighted by atomic mass is 16.5. The van der Waals surface area contributed by atoms with Crippen molar-refractivity contribution in [3.8, 4) is 11.5 Å². The summed E-state index contributed by atoms with van der Waals surface area (Å²) in [6, 6.07) is 5.59. The van der Waals surface area contributed by atoms with Crippen molar-refractivity contribution >= 4 is 11.8 Å². The van der Waals surface area contributed by atoms with Crippen LogP contribution in [-0.2, 0) is 4.79 Å². The second-order valence-corrected chi connectivity index (χ2v) is 6.93. The Balaban J connectivity index is 1.98. The van der Waals surface area contributed by atoms with E-state index in [9.17, 15) is 9.59 Å². The molecule has 1 saturated heterocycles. The molecule has 7 heteroatoms. The van der Waals surface area contributed by atoms with Crippen molar-refractivity contribution in [3.05, 3.63) is 23.8 Å². The van der Waals surface area contributed by atoms with Crippen LogP contribution in [0.1, 0.15) is 44.0 Å². The number of benzene rings is 1. The van der Waals surface area contributed by atoms with Crippen LogP contribution in [0.3, 0.4) is 0 Å². The van der Waals surface area contributed by atoms with Gasteiger partial charge in [-0.25, -0.2) is 0 Å². The molecule has 0 aliphatic carbocycles. The van der Waals surface area contributed by atoms with Crippen molar-refractivity contribution in [2.45, 2.75) is 51.7 Å². The number of methoxy groups -OCH3 is 1. The fourth-order valence-corrected chi connectivity index (χ4v) is 2.97. The van der Waals surface area contributed by atoms with Gasteiger partial charge in [0.15, 0.2) is 18.1 Å². The molecule has 0 spiro atoms. The molecule has 1 aromatic rings. The molecule has 1 aromatic carbocycles. The molecule has 2 amide bonds. The molecule has 2 atom stereocenters. The Morgan fingerprint density at radius 2 is 2.08 bits per heavy atom. The summed E-state index contributed by atoms with van der Waals surface area (Å²) in [6.07, 6.45) is 1.83. The third kappa shape index (κ3) is 5.91. The van der Waals surface area contributed by atoms with Gasteiger partial charge in [0.1, 0.15) is 0 Å². The number of nitrogens with one attached hydrogen (secondary N) is 3. The van der Waals surface area contributed by atoms with Crippen molar-refractivity contribution < 1.29 is 19.1 Å². The molecule has 1 aliphatic rings. The molecule has 2 rings (SSSR count). The van der Waals surface area contributed by atoms with E-state index in [1.165, 1.54) is 7.11 Å². The Morgan fingerprint density at radius 3 is 2.73 bits per heavy atom. The molecule has 1 aliphatic heterocycles. The Morgan fingerprint density at radius 1 is 1.31 bits per heavy atom. The largest absolute Gasteiger partial charge is 0.493 e. The molecule has 3 N–H and O–H groups in total. The molecule has 26 heavy (non-hydrogen) atoms. The van der Waals surface area contributed by atoms with E-state index >= 15 is 0 Å². The summed E-state index contributed by atoms with van der Waals surface area (Å²) in [5.74, 6) is 0.516. The number of rotatable bonds is 7. The Hall–Kier alpha value is -2.28. The van der Waals surface area contributed by atoms with Crippen LogP contribution < -0.4 is 25.4 Å². The third-order valence-electron chi connectivity index (χ3n) is 4.19. The van der Waals surface area contributed by atoms with Gasteiger partial charge in [-0.3, -0.25) is 9.59 Å². The standard InChI is InChI=1S/C19H29N3O4/c1-12(2)21-18(23)11-26-16-6-5-14(10-17(16)25-4)19(24)22-15-7-8-20-13(3)9-15/h5-6,10,12-13,15,20H,7-9,11H2,1-4H3,(H,21,23)(H,22,24). The summed E-state index contributed by atoms with van der Waals surface area (Å²) in [6.45, 7) is 6.68. The SMILES string of the molecule is COc1cc(C(=O)NC2CCNC(C)C2)ccc1OCC(=O)NC(C)C. The fourth-order valence-electron chi connectivity index (χ4n) is 2.97. The Bertz CT molecular complexity index is 633. The van der Waals surface area contributed by atoms with Crippen LogP contribution in [0, 0.1) is 0 Å². The van der Waals surface area contributed by atoms with Crippen LogP contribution in [0.5, 0.6) is 11.5 Å². The molecule has 1 heterocycles. The summed E-state index contributed by atoms with van der Waals surface area (Å²) in [5.41, 5.74) is 0.506. The Labute approximate surface area is 154 Å². The first-order valence-corrected chi connectivity index (χ1v) is 9.03. The van der Waals surface area contributed by atoms with Crippen molar-refractivity contribution in [3.63, 3.8) is 0 Å². The maximum absolute atomic E-state index is 12.5. The van der Waals surface area contributed by atoms with Crippen LogP contribution in [0.15, 0.2) is 18.2 Å². The molecule has 1 fully saturated rings. The first kappa shape index (κ1) is 20.0. The zero-order chi connectivity index (χ0) is 19.1. The minimum Gasteiger partial charge on any atom is -0.493 e. The van der Waals surface area contributed by atoms with Gasteiger partial charge >= 0.3 is 0 Å². The van der Waals surface area contributed by atoms with Crippen LogP contribution >= 0.6 is 0 Å². The van der Waals surface area contributed by atoms with Gasteiger partial charge in [-0.2, -0.15) is 0 Å². The number of piperidine rings is 1. The first-order valence-electron chi connectivity index (χ1n) is 9.03. The topological polar surface area (TPSA) is 88.7 Å².